The smallest absolute Gasteiger partial charge is 0.263 e. The molecule has 0 atom stereocenters. The van der Waals surface area contributed by atoms with E-state index in [0.29, 0.717) is 22.9 Å². The van der Waals surface area contributed by atoms with Crippen molar-refractivity contribution < 1.29 is 8.42 Å². The number of aromatic nitrogens is 2. The first-order valence-electron chi connectivity index (χ1n) is 5.75. The Hall–Kier alpha value is -1.53. The Morgan fingerprint density at radius 3 is 2.79 bits per heavy atom. The summed E-state index contributed by atoms with van der Waals surface area (Å²) in [7, 11) is -3.66. The molecule has 0 amide bonds. The predicted molar refractivity (Wildman–Crippen MR) is 74.9 cm³/mol. The van der Waals surface area contributed by atoms with Crippen LogP contribution in [-0.4, -0.2) is 18.2 Å². The Balaban J connectivity index is 2.41. The highest BCUT2D eigenvalue weighted by Gasteiger charge is 2.18. The molecule has 1 N–H and O–H groups in total. The topological polar surface area (TPSA) is 64.0 Å². The quantitative estimate of drug-likeness (QED) is 0.944. The molecule has 0 unspecified atom stereocenters. The van der Waals surface area contributed by atoms with E-state index in [4.69, 9.17) is 11.6 Å². The van der Waals surface area contributed by atoms with Gasteiger partial charge in [-0.1, -0.05) is 17.7 Å². The van der Waals surface area contributed by atoms with Crippen LogP contribution in [0, 0.1) is 6.92 Å². The fourth-order valence-electron chi connectivity index (χ4n) is 1.73. The highest BCUT2D eigenvalue weighted by Crippen LogP contribution is 2.22. The average Bonchev–Trinajstić information content (AvgIpc) is 2.78. The maximum atomic E-state index is 12.3. The zero-order valence-corrected chi connectivity index (χ0v) is 12.2. The number of hydrogen-bond acceptors (Lipinski definition) is 3. The third-order valence-corrected chi connectivity index (χ3v) is 4.43. The molecule has 0 aliphatic rings. The molecule has 0 radical (unpaired) electrons. The Labute approximate surface area is 117 Å². The van der Waals surface area contributed by atoms with E-state index in [1.54, 1.807) is 36.0 Å². The van der Waals surface area contributed by atoms with Crippen LogP contribution in [0.15, 0.2) is 35.4 Å². The van der Waals surface area contributed by atoms with Gasteiger partial charge in [0.15, 0.2) is 0 Å². The molecule has 7 heteroatoms. The molecular weight excluding hydrogens is 286 g/mol. The summed E-state index contributed by atoms with van der Waals surface area (Å²) in [4.78, 5) is 0.170. The maximum Gasteiger partial charge on any atom is 0.263 e. The molecule has 5 nitrogen and oxygen atoms in total. The van der Waals surface area contributed by atoms with Gasteiger partial charge in [0.1, 0.15) is 5.82 Å². The molecule has 102 valence electrons. The highest BCUT2D eigenvalue weighted by atomic mass is 35.5. The predicted octanol–water partition coefficient (Wildman–Crippen LogP) is 2.67. The molecule has 0 aliphatic carbocycles. The summed E-state index contributed by atoms with van der Waals surface area (Å²) in [5.74, 6) is 0.432. The molecular formula is C12H14ClN3O2S. The van der Waals surface area contributed by atoms with Crippen LogP contribution in [0.1, 0.15) is 12.5 Å². The van der Waals surface area contributed by atoms with Crippen LogP contribution < -0.4 is 4.72 Å². The van der Waals surface area contributed by atoms with Crippen LogP contribution in [0.5, 0.6) is 0 Å². The molecule has 0 spiro atoms. The minimum absolute atomic E-state index is 0.170. The molecule has 2 aromatic rings. The lowest BCUT2D eigenvalue weighted by Gasteiger charge is -2.11. The lowest BCUT2D eigenvalue weighted by molar-refractivity contribution is 0.598. The van der Waals surface area contributed by atoms with Crippen molar-refractivity contribution in [2.24, 2.45) is 0 Å². The largest absolute Gasteiger partial charge is 0.264 e. The lowest BCUT2D eigenvalue weighted by Crippen LogP contribution is -2.17. The van der Waals surface area contributed by atoms with E-state index in [1.807, 2.05) is 6.92 Å². The maximum absolute atomic E-state index is 12.3. The fourth-order valence-corrected chi connectivity index (χ4v) is 3.30. The first-order valence-corrected chi connectivity index (χ1v) is 7.61. The second-order valence-electron chi connectivity index (χ2n) is 4.05. The SMILES string of the molecule is CCn1nccc1NS(=O)(=O)c1cc(Cl)ccc1C. The summed E-state index contributed by atoms with van der Waals surface area (Å²) in [5.41, 5.74) is 0.638. The number of nitrogens with one attached hydrogen (secondary N) is 1. The van der Waals surface area contributed by atoms with Gasteiger partial charge in [0.05, 0.1) is 11.1 Å². The molecule has 0 saturated carbocycles. The average molecular weight is 300 g/mol. The summed E-state index contributed by atoms with van der Waals surface area (Å²) in [6.07, 6.45) is 1.55. The van der Waals surface area contributed by atoms with Gasteiger partial charge in [-0.15, -0.1) is 0 Å². The second-order valence-corrected chi connectivity index (χ2v) is 6.13. The Kier molecular flexibility index (Phi) is 3.82. The van der Waals surface area contributed by atoms with Crippen molar-refractivity contribution in [3.8, 4) is 0 Å². The first-order chi connectivity index (χ1) is 8.94. The summed E-state index contributed by atoms with van der Waals surface area (Å²) in [6, 6.07) is 6.38. The molecule has 0 aliphatic heterocycles. The number of aryl methyl sites for hydroxylation is 2. The number of anilines is 1. The Bertz CT molecular complexity index is 695. The normalized spacial score (nSPS) is 11.5. The third kappa shape index (κ3) is 2.90. The molecule has 2 rings (SSSR count). The van der Waals surface area contributed by atoms with Crippen molar-refractivity contribution in [3.05, 3.63) is 41.0 Å². The van der Waals surface area contributed by atoms with Crippen molar-refractivity contribution in [2.75, 3.05) is 4.72 Å². The van der Waals surface area contributed by atoms with Crippen LogP contribution in [0.25, 0.3) is 0 Å². The van der Waals surface area contributed by atoms with Gasteiger partial charge >= 0.3 is 0 Å². The van der Waals surface area contributed by atoms with Gasteiger partial charge < -0.3 is 0 Å². The van der Waals surface area contributed by atoms with E-state index >= 15 is 0 Å². The number of sulfonamides is 1. The van der Waals surface area contributed by atoms with Gasteiger partial charge in [-0.2, -0.15) is 5.10 Å². The Morgan fingerprint density at radius 1 is 1.37 bits per heavy atom. The van der Waals surface area contributed by atoms with Crippen molar-refractivity contribution in [2.45, 2.75) is 25.3 Å². The van der Waals surface area contributed by atoms with Crippen molar-refractivity contribution >= 4 is 27.4 Å². The van der Waals surface area contributed by atoms with Gasteiger partial charge in [0.2, 0.25) is 0 Å². The van der Waals surface area contributed by atoms with Crippen LogP contribution in [-0.2, 0) is 16.6 Å². The summed E-state index contributed by atoms with van der Waals surface area (Å²) in [6.45, 7) is 4.19. The fraction of sp³-hybridized carbons (Fsp3) is 0.250. The van der Waals surface area contributed by atoms with Gasteiger partial charge in [-0.05, 0) is 31.5 Å². The summed E-state index contributed by atoms with van der Waals surface area (Å²) >= 11 is 5.85. The molecule has 0 bridgehead atoms. The third-order valence-electron chi connectivity index (χ3n) is 2.69. The molecule has 0 fully saturated rings. The highest BCUT2D eigenvalue weighted by molar-refractivity contribution is 7.92. The molecule has 1 aromatic heterocycles. The van der Waals surface area contributed by atoms with Crippen molar-refractivity contribution in [1.82, 2.24) is 9.78 Å². The summed E-state index contributed by atoms with van der Waals surface area (Å²) < 4.78 is 28.7. The van der Waals surface area contributed by atoms with E-state index in [9.17, 15) is 8.42 Å². The minimum Gasteiger partial charge on any atom is -0.264 e. The van der Waals surface area contributed by atoms with E-state index in [-0.39, 0.29) is 4.90 Å². The number of benzene rings is 1. The van der Waals surface area contributed by atoms with Crippen LogP contribution in [0.3, 0.4) is 0 Å². The van der Waals surface area contributed by atoms with Crippen LogP contribution >= 0.6 is 11.6 Å². The van der Waals surface area contributed by atoms with E-state index in [1.165, 1.54) is 6.07 Å². The molecule has 0 saturated heterocycles. The first kappa shape index (κ1) is 13.9. The standard InChI is InChI=1S/C12H14ClN3O2S/c1-3-16-12(6-7-14-16)15-19(17,18)11-8-10(13)5-4-9(11)2/h4-8,15H,3H2,1-2H3. The van der Waals surface area contributed by atoms with Gasteiger partial charge in [0, 0.05) is 17.6 Å². The second kappa shape index (κ2) is 5.22. The van der Waals surface area contributed by atoms with Crippen molar-refractivity contribution in [1.29, 1.82) is 0 Å². The molecule has 19 heavy (non-hydrogen) atoms. The van der Waals surface area contributed by atoms with Crippen molar-refractivity contribution in [3.63, 3.8) is 0 Å². The summed E-state index contributed by atoms with van der Waals surface area (Å²) in [5, 5.41) is 4.40. The zero-order chi connectivity index (χ0) is 14.0. The minimum atomic E-state index is -3.66. The molecule has 1 heterocycles. The molecule has 1 aromatic carbocycles. The van der Waals surface area contributed by atoms with Gasteiger partial charge in [-0.3, -0.25) is 4.72 Å². The number of rotatable bonds is 4. The van der Waals surface area contributed by atoms with E-state index in [2.05, 4.69) is 9.82 Å². The van der Waals surface area contributed by atoms with E-state index in [0.717, 1.165) is 0 Å². The Morgan fingerprint density at radius 2 is 2.11 bits per heavy atom. The van der Waals surface area contributed by atoms with E-state index < -0.39 is 10.0 Å². The number of hydrogen-bond donors (Lipinski definition) is 1. The van der Waals surface area contributed by atoms with Crippen LogP contribution in [0.4, 0.5) is 5.82 Å². The lowest BCUT2D eigenvalue weighted by atomic mass is 10.2. The number of nitrogens with zero attached hydrogens (tertiary/aromatic N) is 2. The van der Waals surface area contributed by atoms with Crippen LogP contribution in [0.2, 0.25) is 5.02 Å². The zero-order valence-electron chi connectivity index (χ0n) is 10.6. The van der Waals surface area contributed by atoms with Gasteiger partial charge in [0.25, 0.3) is 10.0 Å². The van der Waals surface area contributed by atoms with Gasteiger partial charge in [-0.25, -0.2) is 13.1 Å². The monoisotopic (exact) mass is 299 g/mol. The number of halogens is 1.